The smallest absolute Gasteiger partial charge is 0.229 e. The highest BCUT2D eigenvalue weighted by molar-refractivity contribution is 6.26. The molecule has 3 rings (SSSR count). The molecule has 8 heteroatoms. The van der Waals surface area contributed by atoms with Crippen molar-refractivity contribution in [2.24, 2.45) is 0 Å². The van der Waals surface area contributed by atoms with Crippen LogP contribution in [0, 0.1) is 0 Å². The molecular formula is C24H36N4O4. The predicted molar refractivity (Wildman–Crippen MR) is 121 cm³/mol. The number of carbonyl (C=O) groups is 4. The summed E-state index contributed by atoms with van der Waals surface area (Å²) in [7, 11) is 0. The van der Waals surface area contributed by atoms with Gasteiger partial charge in [-0.15, -0.1) is 0 Å². The molecule has 2 saturated heterocycles. The summed E-state index contributed by atoms with van der Waals surface area (Å²) in [6.07, 6.45) is 8.36. The number of carbonyl (C=O) groups excluding carboxylic acids is 4. The normalized spacial score (nSPS) is 17.8. The number of amides is 2. The molecule has 2 amide bonds. The lowest BCUT2D eigenvalue weighted by Gasteiger charge is -2.25. The van der Waals surface area contributed by atoms with Gasteiger partial charge in [-0.3, -0.25) is 19.2 Å². The second-order valence-corrected chi connectivity index (χ2v) is 8.80. The third-order valence-electron chi connectivity index (χ3n) is 5.93. The van der Waals surface area contributed by atoms with Crippen molar-refractivity contribution < 1.29 is 19.2 Å². The molecule has 32 heavy (non-hydrogen) atoms. The minimum atomic E-state index is -0.382. The number of ketones is 2. The molecule has 0 bridgehead atoms. The molecule has 0 spiro atoms. The Morgan fingerprint density at radius 3 is 1.34 bits per heavy atom. The van der Waals surface area contributed by atoms with Crippen LogP contribution in [-0.2, 0) is 19.2 Å². The maximum absolute atomic E-state index is 13.4. The van der Waals surface area contributed by atoms with Crippen LogP contribution in [0.15, 0.2) is 22.8 Å². The maximum atomic E-state index is 13.4. The van der Waals surface area contributed by atoms with Crippen LogP contribution in [0.3, 0.4) is 0 Å². The van der Waals surface area contributed by atoms with Crippen LogP contribution in [0.2, 0.25) is 0 Å². The summed E-state index contributed by atoms with van der Waals surface area (Å²) in [4.78, 5) is 55.4. The average Bonchev–Trinajstić information content (AvgIpc) is 3.66. The molecule has 1 aliphatic carbocycles. The Morgan fingerprint density at radius 2 is 1.03 bits per heavy atom. The monoisotopic (exact) mass is 444 g/mol. The van der Waals surface area contributed by atoms with E-state index in [4.69, 9.17) is 0 Å². The second kappa shape index (κ2) is 11.3. The highest BCUT2D eigenvalue weighted by Crippen LogP contribution is 2.32. The molecule has 8 nitrogen and oxygen atoms in total. The average molecular weight is 445 g/mol. The van der Waals surface area contributed by atoms with Gasteiger partial charge in [-0.1, -0.05) is 52.4 Å². The second-order valence-electron chi connectivity index (χ2n) is 8.80. The molecule has 0 aromatic rings. The van der Waals surface area contributed by atoms with Gasteiger partial charge >= 0.3 is 0 Å². The van der Waals surface area contributed by atoms with E-state index in [1.807, 2.05) is 0 Å². The van der Waals surface area contributed by atoms with Gasteiger partial charge in [0.05, 0.1) is 0 Å². The summed E-state index contributed by atoms with van der Waals surface area (Å²) < 4.78 is 0. The number of nitrogens with zero attached hydrogens (tertiary/aromatic N) is 2. The first kappa shape index (κ1) is 24.0. The highest BCUT2D eigenvalue weighted by atomic mass is 16.2. The van der Waals surface area contributed by atoms with E-state index in [1.165, 1.54) is 0 Å². The molecule has 0 atom stereocenters. The fraction of sp³-hybridized carbons (Fsp3) is 0.667. The number of hydrogen-bond donors (Lipinski definition) is 2. The van der Waals surface area contributed by atoms with E-state index in [0.717, 1.165) is 51.4 Å². The zero-order valence-electron chi connectivity index (χ0n) is 19.4. The molecule has 2 fully saturated rings. The third kappa shape index (κ3) is 6.20. The minimum Gasteiger partial charge on any atom is -0.363 e. The van der Waals surface area contributed by atoms with Gasteiger partial charge in [-0.05, 0) is 12.8 Å². The molecule has 0 saturated carbocycles. The first-order valence-corrected chi connectivity index (χ1v) is 12.1. The van der Waals surface area contributed by atoms with Crippen LogP contribution in [0.4, 0.5) is 0 Å². The number of rotatable bonds is 14. The van der Waals surface area contributed by atoms with Crippen LogP contribution in [0.25, 0.3) is 0 Å². The summed E-state index contributed by atoms with van der Waals surface area (Å²) in [6, 6.07) is 0. The lowest BCUT2D eigenvalue weighted by molar-refractivity contribution is -0.124. The Morgan fingerprint density at radius 1 is 0.656 bits per heavy atom. The van der Waals surface area contributed by atoms with E-state index in [9.17, 15) is 19.2 Å². The zero-order chi connectivity index (χ0) is 23.1. The maximum Gasteiger partial charge on any atom is 0.229 e. The van der Waals surface area contributed by atoms with Crippen LogP contribution in [-0.4, -0.2) is 59.4 Å². The number of nitrogens with one attached hydrogen (secondary N) is 2. The molecule has 2 N–H and O–H groups in total. The number of hydrogen-bond acceptors (Lipinski definition) is 6. The van der Waals surface area contributed by atoms with Crippen molar-refractivity contribution in [1.82, 2.24) is 20.4 Å². The molecule has 0 unspecified atom stereocenters. The van der Waals surface area contributed by atoms with Crippen molar-refractivity contribution >= 4 is 23.4 Å². The molecule has 3 aliphatic rings. The summed E-state index contributed by atoms with van der Waals surface area (Å²) >= 11 is 0. The molecule has 2 aliphatic heterocycles. The van der Waals surface area contributed by atoms with Crippen LogP contribution in [0.1, 0.15) is 78.1 Å². The van der Waals surface area contributed by atoms with Gasteiger partial charge in [0, 0.05) is 39.0 Å². The first-order valence-electron chi connectivity index (χ1n) is 12.1. The van der Waals surface area contributed by atoms with E-state index < -0.39 is 0 Å². The number of Topliss-reactive ketones (excluding diaryl/α,β-unsaturated/α-hetero) is 2. The van der Waals surface area contributed by atoms with Crippen molar-refractivity contribution in [2.45, 2.75) is 78.1 Å². The largest absolute Gasteiger partial charge is 0.363 e. The molecule has 0 aromatic carbocycles. The van der Waals surface area contributed by atoms with E-state index >= 15 is 0 Å². The fourth-order valence-electron chi connectivity index (χ4n) is 3.89. The standard InChI is InChI=1S/C24H36N4O4/c1-3-5-7-9-11-17(29)25-19-21(27-13-14-27)24(32)20(22(23(19)31)28-15-16-28)26-18(30)12-10-8-6-4-2/h3-16H2,1-2H3,(H,25,29)(H,26,30). The molecular weight excluding hydrogens is 408 g/mol. The van der Waals surface area contributed by atoms with Crippen LogP contribution >= 0.6 is 0 Å². The Labute approximate surface area is 190 Å². The summed E-state index contributed by atoms with van der Waals surface area (Å²) in [5.74, 6) is -1.25. The predicted octanol–water partition coefficient (Wildman–Crippen LogP) is 2.37. The van der Waals surface area contributed by atoms with Crippen molar-refractivity contribution in [3.63, 3.8) is 0 Å². The van der Waals surface area contributed by atoms with Crippen LogP contribution < -0.4 is 10.6 Å². The van der Waals surface area contributed by atoms with Crippen molar-refractivity contribution in [3.8, 4) is 0 Å². The first-order chi connectivity index (χ1) is 15.5. The molecule has 2 heterocycles. The Bertz CT molecular complexity index is 754. The van der Waals surface area contributed by atoms with E-state index in [1.54, 1.807) is 9.80 Å². The Kier molecular flexibility index (Phi) is 8.47. The summed E-state index contributed by atoms with van der Waals surface area (Å²) in [5.41, 5.74) is 0.555. The van der Waals surface area contributed by atoms with Crippen molar-refractivity contribution in [1.29, 1.82) is 0 Å². The van der Waals surface area contributed by atoms with Gasteiger partial charge in [-0.2, -0.15) is 0 Å². The Hall–Kier alpha value is -2.64. The van der Waals surface area contributed by atoms with Gasteiger partial charge in [-0.25, -0.2) is 0 Å². The van der Waals surface area contributed by atoms with E-state index in [-0.39, 0.29) is 46.2 Å². The fourth-order valence-corrected chi connectivity index (χ4v) is 3.89. The topological polar surface area (TPSA) is 98.4 Å². The highest BCUT2D eigenvalue weighted by Gasteiger charge is 2.44. The molecule has 0 aromatic heterocycles. The van der Waals surface area contributed by atoms with E-state index in [2.05, 4.69) is 24.5 Å². The molecule has 0 radical (unpaired) electrons. The van der Waals surface area contributed by atoms with Crippen LogP contribution in [0.5, 0.6) is 0 Å². The van der Waals surface area contributed by atoms with Gasteiger partial charge in [0.2, 0.25) is 23.4 Å². The lowest BCUT2D eigenvalue weighted by Crippen LogP contribution is -2.42. The minimum absolute atomic E-state index is 0.0656. The summed E-state index contributed by atoms with van der Waals surface area (Å²) in [5, 5.41) is 5.47. The van der Waals surface area contributed by atoms with Crippen molar-refractivity contribution in [2.75, 3.05) is 26.2 Å². The van der Waals surface area contributed by atoms with Gasteiger partial charge in [0.25, 0.3) is 0 Å². The van der Waals surface area contributed by atoms with Crippen molar-refractivity contribution in [3.05, 3.63) is 22.8 Å². The van der Waals surface area contributed by atoms with Gasteiger partial charge in [0.1, 0.15) is 22.8 Å². The quantitative estimate of drug-likeness (QED) is 0.242. The molecule has 176 valence electrons. The SMILES string of the molecule is CCCCCCC(=O)NC1=C(N2CC2)C(=O)C(NC(=O)CCCCCC)=C(N2CC2)C1=O. The van der Waals surface area contributed by atoms with Gasteiger partial charge < -0.3 is 20.4 Å². The lowest BCUT2D eigenvalue weighted by atomic mass is 9.98. The zero-order valence-corrected chi connectivity index (χ0v) is 19.4. The third-order valence-corrected chi connectivity index (χ3v) is 5.93. The summed E-state index contributed by atoms with van der Waals surface area (Å²) in [6.45, 7) is 6.83. The Balaban J connectivity index is 1.75. The van der Waals surface area contributed by atoms with Gasteiger partial charge in [0.15, 0.2) is 0 Å². The number of unbranched alkanes of at least 4 members (excludes halogenated alkanes) is 6. The van der Waals surface area contributed by atoms with E-state index in [0.29, 0.717) is 39.0 Å².